The number of carbonyl (C=O) groups is 1. The van der Waals surface area contributed by atoms with E-state index >= 15 is 0 Å². The summed E-state index contributed by atoms with van der Waals surface area (Å²) in [6.45, 7) is 2.65. The number of rotatable bonds is 5. The van der Waals surface area contributed by atoms with E-state index in [2.05, 4.69) is 12.2 Å². The second-order valence-corrected chi connectivity index (χ2v) is 5.27. The number of carboxylic acid groups (broad SMARTS) is 1. The fraction of sp³-hybridized carbons (Fsp3) is 0.500. The Kier molecular flexibility index (Phi) is 3.67. The summed E-state index contributed by atoms with van der Waals surface area (Å²) in [5, 5.41) is 12.0. The van der Waals surface area contributed by atoms with Crippen molar-refractivity contribution in [1.29, 1.82) is 0 Å². The van der Waals surface area contributed by atoms with Gasteiger partial charge >= 0.3 is 12.1 Å². The molecule has 2 N–H and O–H groups in total. The van der Waals surface area contributed by atoms with Gasteiger partial charge in [0, 0.05) is 12.2 Å². The Labute approximate surface area is 114 Å². The molecule has 0 bridgehead atoms. The van der Waals surface area contributed by atoms with Crippen LogP contribution >= 0.6 is 0 Å². The smallest absolute Gasteiger partial charge is 0.416 e. The highest BCUT2D eigenvalue weighted by Crippen LogP contribution is 2.48. The molecule has 0 spiro atoms. The molecule has 1 aliphatic carbocycles. The largest absolute Gasteiger partial charge is 0.478 e. The average molecular weight is 287 g/mol. The number of alkyl halides is 3. The van der Waals surface area contributed by atoms with Crippen LogP contribution in [0.3, 0.4) is 0 Å². The van der Waals surface area contributed by atoms with Crippen LogP contribution in [0.5, 0.6) is 0 Å². The van der Waals surface area contributed by atoms with Gasteiger partial charge in [-0.25, -0.2) is 4.79 Å². The minimum absolute atomic E-state index is 0.179. The SMILES string of the molecule is CCC1(CNc2ccc(C(F)(F)F)cc2C(=O)O)CC1. The van der Waals surface area contributed by atoms with E-state index in [1.807, 2.05) is 0 Å². The molecular weight excluding hydrogens is 271 g/mol. The molecule has 1 fully saturated rings. The monoisotopic (exact) mass is 287 g/mol. The molecule has 0 saturated heterocycles. The molecule has 6 heteroatoms. The summed E-state index contributed by atoms with van der Waals surface area (Å²) in [6, 6.07) is 2.77. The van der Waals surface area contributed by atoms with Gasteiger partial charge in [0.25, 0.3) is 0 Å². The molecular formula is C14H16F3NO2. The molecule has 1 aromatic carbocycles. The van der Waals surface area contributed by atoms with Crippen molar-refractivity contribution in [3.63, 3.8) is 0 Å². The predicted octanol–water partition coefficient (Wildman–Crippen LogP) is 4.01. The summed E-state index contributed by atoms with van der Waals surface area (Å²) >= 11 is 0. The van der Waals surface area contributed by atoms with E-state index in [1.165, 1.54) is 6.07 Å². The lowest BCUT2D eigenvalue weighted by atomic mass is 10.0. The molecule has 0 aliphatic heterocycles. The van der Waals surface area contributed by atoms with Crippen LogP contribution < -0.4 is 5.32 Å². The van der Waals surface area contributed by atoms with Crippen molar-refractivity contribution in [3.8, 4) is 0 Å². The first-order chi connectivity index (χ1) is 9.27. The number of carboxylic acids is 1. The molecule has 0 heterocycles. The maximum absolute atomic E-state index is 12.6. The third kappa shape index (κ3) is 3.05. The highest BCUT2D eigenvalue weighted by Gasteiger charge is 2.40. The quantitative estimate of drug-likeness (QED) is 0.860. The molecule has 20 heavy (non-hydrogen) atoms. The molecule has 3 nitrogen and oxygen atoms in total. The van der Waals surface area contributed by atoms with Gasteiger partial charge in [0.05, 0.1) is 11.1 Å². The number of hydrogen-bond donors (Lipinski definition) is 2. The second-order valence-electron chi connectivity index (χ2n) is 5.27. The Hall–Kier alpha value is -1.72. The van der Waals surface area contributed by atoms with E-state index < -0.39 is 17.7 Å². The van der Waals surface area contributed by atoms with Gasteiger partial charge in [-0.1, -0.05) is 6.92 Å². The first kappa shape index (κ1) is 14.7. The maximum Gasteiger partial charge on any atom is 0.416 e. The van der Waals surface area contributed by atoms with Gasteiger partial charge in [0.2, 0.25) is 0 Å². The van der Waals surface area contributed by atoms with Crippen LogP contribution in [0.2, 0.25) is 0 Å². The van der Waals surface area contributed by atoms with Crippen molar-refractivity contribution in [2.75, 3.05) is 11.9 Å². The lowest BCUT2D eigenvalue weighted by molar-refractivity contribution is -0.137. The molecule has 2 rings (SSSR count). The number of benzene rings is 1. The molecule has 0 unspecified atom stereocenters. The molecule has 0 aromatic heterocycles. The third-order valence-corrected chi connectivity index (χ3v) is 3.94. The highest BCUT2D eigenvalue weighted by molar-refractivity contribution is 5.94. The van der Waals surface area contributed by atoms with Crippen molar-refractivity contribution in [2.45, 2.75) is 32.4 Å². The Morgan fingerprint density at radius 1 is 1.40 bits per heavy atom. The Morgan fingerprint density at radius 2 is 2.05 bits per heavy atom. The number of halogens is 3. The summed E-state index contributed by atoms with van der Waals surface area (Å²) in [4.78, 5) is 11.1. The van der Waals surface area contributed by atoms with Crippen LogP contribution in [0.1, 0.15) is 42.1 Å². The van der Waals surface area contributed by atoms with Crippen molar-refractivity contribution < 1.29 is 23.1 Å². The standard InChI is InChI=1S/C14H16F3NO2/c1-2-13(5-6-13)8-18-11-4-3-9(14(15,16)17)7-10(11)12(19)20/h3-4,7,18H,2,5-6,8H2,1H3,(H,19,20). The van der Waals surface area contributed by atoms with Gasteiger partial charge in [-0.3, -0.25) is 0 Å². The topological polar surface area (TPSA) is 49.3 Å². The summed E-state index contributed by atoms with van der Waals surface area (Å²) in [7, 11) is 0. The molecule has 0 atom stereocenters. The van der Waals surface area contributed by atoms with Crippen molar-refractivity contribution >= 4 is 11.7 Å². The van der Waals surface area contributed by atoms with E-state index in [9.17, 15) is 18.0 Å². The zero-order valence-corrected chi connectivity index (χ0v) is 11.0. The first-order valence-corrected chi connectivity index (χ1v) is 6.46. The Morgan fingerprint density at radius 3 is 2.50 bits per heavy atom. The normalized spacial score (nSPS) is 16.8. The van der Waals surface area contributed by atoms with E-state index in [0.29, 0.717) is 12.6 Å². The Balaban J connectivity index is 2.22. The van der Waals surface area contributed by atoms with Crippen LogP contribution in [-0.4, -0.2) is 17.6 Å². The lowest BCUT2D eigenvalue weighted by Crippen LogP contribution is -2.17. The van der Waals surface area contributed by atoms with Crippen molar-refractivity contribution in [2.24, 2.45) is 5.41 Å². The molecule has 1 saturated carbocycles. The highest BCUT2D eigenvalue weighted by atomic mass is 19.4. The molecule has 110 valence electrons. The van der Waals surface area contributed by atoms with Gasteiger partial charge in [0.1, 0.15) is 0 Å². The summed E-state index contributed by atoms with van der Waals surface area (Å²) in [6.07, 6.45) is -1.42. The van der Waals surface area contributed by atoms with Crippen LogP contribution in [-0.2, 0) is 6.18 Å². The van der Waals surface area contributed by atoms with E-state index in [0.717, 1.165) is 25.3 Å². The van der Waals surface area contributed by atoms with Crippen LogP contribution in [0.15, 0.2) is 18.2 Å². The van der Waals surface area contributed by atoms with Gasteiger partial charge in [-0.15, -0.1) is 0 Å². The van der Waals surface area contributed by atoms with Gasteiger partial charge in [-0.05, 0) is 42.9 Å². The number of nitrogens with one attached hydrogen (secondary N) is 1. The van der Waals surface area contributed by atoms with Crippen LogP contribution in [0.25, 0.3) is 0 Å². The minimum atomic E-state index is -4.54. The van der Waals surface area contributed by atoms with Crippen molar-refractivity contribution in [3.05, 3.63) is 29.3 Å². The summed E-state index contributed by atoms with van der Waals surface area (Å²) in [5.74, 6) is -1.36. The molecule has 1 aromatic rings. The van der Waals surface area contributed by atoms with E-state index in [1.54, 1.807) is 0 Å². The van der Waals surface area contributed by atoms with Gasteiger partial charge in [-0.2, -0.15) is 13.2 Å². The first-order valence-electron chi connectivity index (χ1n) is 6.46. The Bertz CT molecular complexity index is 522. The zero-order valence-electron chi connectivity index (χ0n) is 11.0. The average Bonchev–Trinajstić information content (AvgIpc) is 3.15. The fourth-order valence-electron chi connectivity index (χ4n) is 2.17. The number of hydrogen-bond acceptors (Lipinski definition) is 2. The molecule has 0 radical (unpaired) electrons. The van der Waals surface area contributed by atoms with E-state index in [4.69, 9.17) is 5.11 Å². The third-order valence-electron chi connectivity index (χ3n) is 3.94. The van der Waals surface area contributed by atoms with Gasteiger partial charge in [0.15, 0.2) is 0 Å². The lowest BCUT2D eigenvalue weighted by Gasteiger charge is -2.17. The van der Waals surface area contributed by atoms with E-state index in [-0.39, 0.29) is 16.7 Å². The maximum atomic E-state index is 12.6. The molecule has 0 amide bonds. The summed E-state index contributed by atoms with van der Waals surface area (Å²) < 4.78 is 37.8. The van der Waals surface area contributed by atoms with Crippen molar-refractivity contribution in [1.82, 2.24) is 0 Å². The number of anilines is 1. The number of aromatic carboxylic acids is 1. The molecule has 1 aliphatic rings. The van der Waals surface area contributed by atoms with Crippen LogP contribution in [0.4, 0.5) is 18.9 Å². The van der Waals surface area contributed by atoms with Gasteiger partial charge < -0.3 is 10.4 Å². The zero-order chi connectivity index (χ0) is 15.0. The fourth-order valence-corrected chi connectivity index (χ4v) is 2.17. The van der Waals surface area contributed by atoms with Crippen LogP contribution in [0, 0.1) is 5.41 Å². The summed E-state index contributed by atoms with van der Waals surface area (Å²) in [5.41, 5.74) is -0.868. The predicted molar refractivity (Wildman–Crippen MR) is 68.9 cm³/mol. The second kappa shape index (κ2) is 5.00. The minimum Gasteiger partial charge on any atom is -0.478 e.